The molecular weight excluding hydrogens is 268 g/mol. The highest BCUT2D eigenvalue weighted by atomic mass is 16.4. The molecule has 0 heterocycles. The van der Waals surface area contributed by atoms with Gasteiger partial charge in [-0.05, 0) is 37.5 Å². The molecule has 0 amide bonds. The minimum atomic E-state index is -0.878. The Morgan fingerprint density at radius 1 is 0.810 bits per heavy atom. The molecule has 0 aromatic rings. The molecule has 0 saturated heterocycles. The molecule has 124 valence electrons. The Balaban J connectivity index is 5.47. The Morgan fingerprint density at radius 2 is 1.33 bits per heavy atom. The highest BCUT2D eigenvalue weighted by molar-refractivity contribution is 5.77. The molecule has 4 nitrogen and oxygen atoms in total. The Hall–Kier alpha value is -1.06. The van der Waals surface area contributed by atoms with Gasteiger partial charge < -0.3 is 10.2 Å². The molecule has 2 atom stereocenters. The smallest absolute Gasteiger partial charge is 0.310 e. The molecule has 0 aromatic heterocycles. The van der Waals surface area contributed by atoms with Crippen LogP contribution in [0.15, 0.2) is 0 Å². The maximum atomic E-state index is 11.9. The van der Waals surface area contributed by atoms with Gasteiger partial charge in [-0.15, -0.1) is 0 Å². The molecule has 2 N–H and O–H groups in total. The molecule has 0 aromatic carbocycles. The molecule has 0 radical (unpaired) electrons. The lowest BCUT2D eigenvalue weighted by molar-refractivity contribution is -0.161. The zero-order valence-electron chi connectivity index (χ0n) is 14.5. The predicted octanol–water partition coefficient (Wildman–Crippen LogP) is 4.57. The van der Waals surface area contributed by atoms with Gasteiger partial charge in [0.2, 0.25) is 0 Å². The fourth-order valence-electron chi connectivity index (χ4n) is 3.44. The van der Waals surface area contributed by atoms with Gasteiger partial charge in [0.25, 0.3) is 0 Å². The third kappa shape index (κ3) is 3.98. The van der Waals surface area contributed by atoms with E-state index in [0.717, 1.165) is 6.42 Å². The first-order chi connectivity index (χ1) is 9.53. The van der Waals surface area contributed by atoms with Crippen LogP contribution < -0.4 is 0 Å². The van der Waals surface area contributed by atoms with Crippen LogP contribution in [0.5, 0.6) is 0 Å². The molecule has 0 saturated carbocycles. The summed E-state index contributed by atoms with van der Waals surface area (Å²) in [6.45, 7) is 11.5. The fourth-order valence-corrected chi connectivity index (χ4v) is 3.44. The van der Waals surface area contributed by atoms with Crippen molar-refractivity contribution in [3.8, 4) is 0 Å². The van der Waals surface area contributed by atoms with Gasteiger partial charge in [-0.1, -0.05) is 48.0 Å². The van der Waals surface area contributed by atoms with Gasteiger partial charge in [0, 0.05) is 0 Å². The van der Waals surface area contributed by atoms with E-state index in [9.17, 15) is 19.8 Å². The van der Waals surface area contributed by atoms with Crippen molar-refractivity contribution in [3.05, 3.63) is 0 Å². The number of aliphatic carboxylic acids is 2. The first kappa shape index (κ1) is 19.9. The summed E-state index contributed by atoms with van der Waals surface area (Å²) in [5.74, 6) is -1.61. The van der Waals surface area contributed by atoms with E-state index in [1.54, 1.807) is 0 Å². The van der Waals surface area contributed by atoms with Gasteiger partial charge in [-0.3, -0.25) is 9.59 Å². The Bertz CT molecular complexity index is 369. The minimum absolute atomic E-state index is 0.405. The molecule has 0 rings (SSSR count). The van der Waals surface area contributed by atoms with Crippen molar-refractivity contribution >= 4 is 11.9 Å². The zero-order valence-corrected chi connectivity index (χ0v) is 14.5. The van der Waals surface area contributed by atoms with E-state index in [-0.39, 0.29) is 0 Å². The van der Waals surface area contributed by atoms with Crippen LogP contribution in [0.2, 0.25) is 0 Å². The third-order valence-corrected chi connectivity index (χ3v) is 5.34. The topological polar surface area (TPSA) is 74.6 Å². The van der Waals surface area contributed by atoms with Crippen molar-refractivity contribution in [1.29, 1.82) is 0 Å². The SMILES string of the molecule is CCCC(CC)(CCC(CC)(C(=O)O)C(C)(C)C)C(=O)O. The second-order valence-electron chi connectivity index (χ2n) is 7.18. The lowest BCUT2D eigenvalue weighted by atomic mass is 9.60. The summed E-state index contributed by atoms with van der Waals surface area (Å²) >= 11 is 0. The number of carboxylic acid groups (broad SMARTS) is 2. The number of hydrogen-bond donors (Lipinski definition) is 2. The summed E-state index contributed by atoms with van der Waals surface area (Å²) in [6, 6.07) is 0. The molecular formula is C17H32O4. The van der Waals surface area contributed by atoms with E-state index in [0.29, 0.717) is 32.1 Å². The highest BCUT2D eigenvalue weighted by Crippen LogP contribution is 2.48. The molecule has 0 bridgehead atoms. The standard InChI is InChI=1S/C17H32O4/c1-7-10-16(8-2,13(18)19)11-12-17(9-3,14(20)21)15(4,5)6/h7-12H2,1-6H3,(H,18,19)(H,20,21). The van der Waals surface area contributed by atoms with Gasteiger partial charge in [0.05, 0.1) is 10.8 Å². The monoisotopic (exact) mass is 300 g/mol. The Labute approximate surface area is 128 Å². The van der Waals surface area contributed by atoms with Crippen LogP contribution in [0.3, 0.4) is 0 Å². The van der Waals surface area contributed by atoms with Crippen molar-refractivity contribution < 1.29 is 19.8 Å². The normalized spacial score (nSPS) is 17.8. The summed E-state index contributed by atoms with van der Waals surface area (Å²) in [7, 11) is 0. The summed E-state index contributed by atoms with van der Waals surface area (Å²) in [5.41, 5.74) is -2.08. The van der Waals surface area contributed by atoms with Gasteiger partial charge in [0.15, 0.2) is 0 Å². The molecule has 0 aliphatic heterocycles. The summed E-state index contributed by atoms with van der Waals surface area (Å²) in [6.07, 6.45) is 3.27. The molecule has 0 aliphatic rings. The first-order valence-electron chi connectivity index (χ1n) is 7.99. The van der Waals surface area contributed by atoms with Crippen molar-refractivity contribution in [1.82, 2.24) is 0 Å². The zero-order chi connectivity index (χ0) is 16.9. The van der Waals surface area contributed by atoms with Gasteiger partial charge in [0.1, 0.15) is 0 Å². The lowest BCUT2D eigenvalue weighted by Gasteiger charge is -2.42. The van der Waals surface area contributed by atoms with Crippen LogP contribution in [0.4, 0.5) is 0 Å². The van der Waals surface area contributed by atoms with Gasteiger partial charge in [-0.25, -0.2) is 0 Å². The van der Waals surface area contributed by atoms with Crippen LogP contribution in [0, 0.1) is 16.2 Å². The first-order valence-corrected chi connectivity index (χ1v) is 7.99. The highest BCUT2D eigenvalue weighted by Gasteiger charge is 2.49. The van der Waals surface area contributed by atoms with E-state index in [1.165, 1.54) is 0 Å². The van der Waals surface area contributed by atoms with Crippen molar-refractivity contribution in [3.63, 3.8) is 0 Å². The van der Waals surface area contributed by atoms with E-state index in [1.807, 2.05) is 41.5 Å². The van der Waals surface area contributed by atoms with Crippen LogP contribution in [-0.4, -0.2) is 22.2 Å². The molecule has 21 heavy (non-hydrogen) atoms. The fraction of sp³-hybridized carbons (Fsp3) is 0.882. The van der Waals surface area contributed by atoms with E-state index in [2.05, 4.69) is 0 Å². The maximum Gasteiger partial charge on any atom is 0.310 e. The van der Waals surface area contributed by atoms with Crippen LogP contribution in [0.1, 0.15) is 80.1 Å². The summed E-state index contributed by atoms with van der Waals surface area (Å²) in [4.78, 5) is 23.6. The third-order valence-electron chi connectivity index (χ3n) is 5.34. The quantitative estimate of drug-likeness (QED) is 0.654. The lowest BCUT2D eigenvalue weighted by Crippen LogP contribution is -2.44. The molecule has 2 unspecified atom stereocenters. The van der Waals surface area contributed by atoms with Crippen LogP contribution >= 0.6 is 0 Å². The number of carboxylic acids is 2. The van der Waals surface area contributed by atoms with E-state index in [4.69, 9.17) is 0 Å². The molecule has 0 fully saturated rings. The minimum Gasteiger partial charge on any atom is -0.481 e. The maximum absolute atomic E-state index is 11.9. The average Bonchev–Trinajstić information content (AvgIpc) is 2.36. The molecule has 4 heteroatoms. The van der Waals surface area contributed by atoms with Crippen molar-refractivity contribution in [2.24, 2.45) is 16.2 Å². The second-order valence-corrected chi connectivity index (χ2v) is 7.18. The summed E-state index contributed by atoms with van der Waals surface area (Å²) < 4.78 is 0. The summed E-state index contributed by atoms with van der Waals surface area (Å²) in [5, 5.41) is 19.4. The van der Waals surface area contributed by atoms with Gasteiger partial charge >= 0.3 is 11.9 Å². The Morgan fingerprint density at radius 3 is 1.57 bits per heavy atom. The van der Waals surface area contributed by atoms with E-state index >= 15 is 0 Å². The number of carbonyl (C=O) groups is 2. The van der Waals surface area contributed by atoms with Crippen LogP contribution in [0.25, 0.3) is 0 Å². The number of hydrogen-bond acceptors (Lipinski definition) is 2. The second kappa shape index (κ2) is 7.28. The van der Waals surface area contributed by atoms with Crippen molar-refractivity contribution in [2.45, 2.75) is 80.1 Å². The van der Waals surface area contributed by atoms with Gasteiger partial charge in [-0.2, -0.15) is 0 Å². The molecule has 0 spiro atoms. The Kier molecular flexibility index (Phi) is 6.91. The number of rotatable bonds is 9. The average molecular weight is 300 g/mol. The molecule has 0 aliphatic carbocycles. The largest absolute Gasteiger partial charge is 0.481 e. The van der Waals surface area contributed by atoms with Crippen molar-refractivity contribution in [2.75, 3.05) is 0 Å². The van der Waals surface area contributed by atoms with Crippen LogP contribution in [-0.2, 0) is 9.59 Å². The van der Waals surface area contributed by atoms with E-state index < -0.39 is 28.2 Å². The predicted molar refractivity (Wildman–Crippen MR) is 84.3 cm³/mol.